The fraction of sp³-hybridized carbons (Fsp3) is 0.333. The molecule has 0 bridgehead atoms. The molecule has 3 N–H and O–H groups in total. The standard InChI is InChI=1S/C9H12FIN2/c1-6(5-12)13-9-3-2-7(10)4-8(9)11/h2-4,6,13H,5,12H2,1H3. The van der Waals surface area contributed by atoms with Gasteiger partial charge in [-0.3, -0.25) is 0 Å². The summed E-state index contributed by atoms with van der Waals surface area (Å²) in [4.78, 5) is 0. The number of anilines is 1. The van der Waals surface area contributed by atoms with Crippen molar-refractivity contribution in [2.75, 3.05) is 11.9 Å². The molecule has 0 amide bonds. The molecule has 0 spiro atoms. The van der Waals surface area contributed by atoms with Crippen LogP contribution in [0, 0.1) is 9.39 Å². The minimum atomic E-state index is -0.213. The Kier molecular flexibility index (Phi) is 3.92. The van der Waals surface area contributed by atoms with Crippen molar-refractivity contribution in [3.63, 3.8) is 0 Å². The first-order valence-electron chi connectivity index (χ1n) is 4.05. The second-order valence-corrected chi connectivity index (χ2v) is 4.07. The zero-order chi connectivity index (χ0) is 9.84. The molecule has 0 aliphatic rings. The first-order valence-corrected chi connectivity index (χ1v) is 5.13. The smallest absolute Gasteiger partial charge is 0.124 e. The summed E-state index contributed by atoms with van der Waals surface area (Å²) in [6, 6.07) is 4.86. The maximum atomic E-state index is 12.7. The third-order valence-corrected chi connectivity index (χ3v) is 2.58. The summed E-state index contributed by atoms with van der Waals surface area (Å²) in [6.45, 7) is 2.55. The first-order chi connectivity index (χ1) is 6.13. The van der Waals surface area contributed by atoms with E-state index in [1.165, 1.54) is 12.1 Å². The van der Waals surface area contributed by atoms with Gasteiger partial charge in [0.25, 0.3) is 0 Å². The van der Waals surface area contributed by atoms with Crippen LogP contribution in [0.1, 0.15) is 6.92 Å². The third kappa shape index (κ3) is 3.11. The molecule has 1 aromatic rings. The molecule has 72 valence electrons. The molecular formula is C9H12FIN2. The lowest BCUT2D eigenvalue weighted by atomic mass is 10.2. The molecule has 0 aliphatic carbocycles. The topological polar surface area (TPSA) is 38.0 Å². The van der Waals surface area contributed by atoms with Crippen molar-refractivity contribution < 1.29 is 4.39 Å². The number of halogens is 2. The summed E-state index contributed by atoms with van der Waals surface area (Å²) in [5.41, 5.74) is 6.39. The Morgan fingerprint density at radius 1 is 1.62 bits per heavy atom. The van der Waals surface area contributed by atoms with Crippen LogP contribution in [-0.2, 0) is 0 Å². The van der Waals surface area contributed by atoms with Crippen LogP contribution in [0.2, 0.25) is 0 Å². The van der Waals surface area contributed by atoms with Gasteiger partial charge in [-0.25, -0.2) is 4.39 Å². The highest BCUT2D eigenvalue weighted by Gasteiger charge is 2.03. The summed E-state index contributed by atoms with van der Waals surface area (Å²) in [5, 5.41) is 3.19. The van der Waals surface area contributed by atoms with Gasteiger partial charge < -0.3 is 11.1 Å². The van der Waals surface area contributed by atoms with Crippen molar-refractivity contribution in [1.82, 2.24) is 0 Å². The van der Waals surface area contributed by atoms with Gasteiger partial charge >= 0.3 is 0 Å². The summed E-state index contributed by atoms with van der Waals surface area (Å²) in [5.74, 6) is -0.213. The monoisotopic (exact) mass is 294 g/mol. The highest BCUT2D eigenvalue weighted by Crippen LogP contribution is 2.19. The average molecular weight is 294 g/mol. The van der Waals surface area contributed by atoms with Crippen LogP contribution in [0.5, 0.6) is 0 Å². The predicted molar refractivity (Wildman–Crippen MR) is 61.3 cm³/mol. The predicted octanol–water partition coefficient (Wildman–Crippen LogP) is 2.19. The lowest BCUT2D eigenvalue weighted by molar-refractivity contribution is 0.627. The van der Waals surface area contributed by atoms with E-state index in [0.29, 0.717) is 6.54 Å². The first kappa shape index (κ1) is 10.7. The summed E-state index contributed by atoms with van der Waals surface area (Å²) in [6.07, 6.45) is 0. The molecular weight excluding hydrogens is 282 g/mol. The van der Waals surface area contributed by atoms with Crippen LogP contribution in [0.4, 0.5) is 10.1 Å². The van der Waals surface area contributed by atoms with E-state index in [4.69, 9.17) is 5.73 Å². The summed E-state index contributed by atoms with van der Waals surface area (Å²) in [7, 11) is 0. The van der Waals surface area contributed by atoms with Gasteiger partial charge in [-0.1, -0.05) is 0 Å². The Hall–Kier alpha value is -0.360. The van der Waals surface area contributed by atoms with Crippen LogP contribution >= 0.6 is 22.6 Å². The molecule has 0 saturated carbocycles. The highest BCUT2D eigenvalue weighted by molar-refractivity contribution is 14.1. The molecule has 13 heavy (non-hydrogen) atoms. The number of nitrogens with two attached hydrogens (primary N) is 1. The molecule has 4 heteroatoms. The third-order valence-electron chi connectivity index (χ3n) is 1.69. The van der Waals surface area contributed by atoms with Gasteiger partial charge in [-0.05, 0) is 47.7 Å². The molecule has 0 radical (unpaired) electrons. The lowest BCUT2D eigenvalue weighted by Crippen LogP contribution is -2.25. The lowest BCUT2D eigenvalue weighted by Gasteiger charge is -2.14. The largest absolute Gasteiger partial charge is 0.380 e. The van der Waals surface area contributed by atoms with E-state index in [2.05, 4.69) is 27.9 Å². The number of nitrogens with one attached hydrogen (secondary N) is 1. The van der Waals surface area contributed by atoms with E-state index < -0.39 is 0 Å². The van der Waals surface area contributed by atoms with Gasteiger partial charge in [0.1, 0.15) is 5.82 Å². The zero-order valence-electron chi connectivity index (χ0n) is 7.35. The van der Waals surface area contributed by atoms with Crippen LogP contribution < -0.4 is 11.1 Å². The van der Waals surface area contributed by atoms with Crippen molar-refractivity contribution in [2.24, 2.45) is 5.73 Å². The molecule has 1 unspecified atom stereocenters. The van der Waals surface area contributed by atoms with Crippen molar-refractivity contribution in [3.8, 4) is 0 Å². The number of hydrogen-bond donors (Lipinski definition) is 2. The Morgan fingerprint density at radius 3 is 2.85 bits per heavy atom. The molecule has 2 nitrogen and oxygen atoms in total. The number of hydrogen-bond acceptors (Lipinski definition) is 2. The molecule has 1 rings (SSSR count). The molecule has 1 atom stereocenters. The fourth-order valence-electron chi connectivity index (χ4n) is 0.931. The molecule has 0 aliphatic heterocycles. The van der Waals surface area contributed by atoms with Crippen molar-refractivity contribution >= 4 is 28.3 Å². The maximum absolute atomic E-state index is 12.7. The second-order valence-electron chi connectivity index (χ2n) is 2.91. The highest BCUT2D eigenvalue weighted by atomic mass is 127. The Morgan fingerprint density at radius 2 is 2.31 bits per heavy atom. The average Bonchev–Trinajstić information content (AvgIpc) is 2.09. The second kappa shape index (κ2) is 4.76. The van der Waals surface area contributed by atoms with Crippen molar-refractivity contribution in [3.05, 3.63) is 27.6 Å². The number of rotatable bonds is 3. The number of benzene rings is 1. The molecule has 0 aromatic heterocycles. The maximum Gasteiger partial charge on any atom is 0.124 e. The van der Waals surface area contributed by atoms with E-state index in [0.717, 1.165) is 9.26 Å². The van der Waals surface area contributed by atoms with Gasteiger partial charge in [-0.2, -0.15) is 0 Å². The minimum Gasteiger partial charge on any atom is -0.380 e. The Bertz CT molecular complexity index is 291. The van der Waals surface area contributed by atoms with E-state index in [1.807, 2.05) is 6.92 Å². The summed E-state index contributed by atoms with van der Waals surface area (Å²) >= 11 is 2.09. The van der Waals surface area contributed by atoms with Crippen molar-refractivity contribution in [1.29, 1.82) is 0 Å². The quantitative estimate of drug-likeness (QED) is 0.839. The van der Waals surface area contributed by atoms with Gasteiger partial charge in [0.05, 0.1) is 0 Å². The van der Waals surface area contributed by atoms with E-state index >= 15 is 0 Å². The van der Waals surface area contributed by atoms with Gasteiger partial charge in [0, 0.05) is 21.8 Å². The molecule has 0 fully saturated rings. The molecule has 1 aromatic carbocycles. The van der Waals surface area contributed by atoms with Crippen LogP contribution in [0.25, 0.3) is 0 Å². The Balaban J connectivity index is 2.77. The van der Waals surface area contributed by atoms with Gasteiger partial charge in [0.15, 0.2) is 0 Å². The minimum absolute atomic E-state index is 0.207. The van der Waals surface area contributed by atoms with Crippen LogP contribution in [0.3, 0.4) is 0 Å². The van der Waals surface area contributed by atoms with Gasteiger partial charge in [0.2, 0.25) is 0 Å². The summed E-state index contributed by atoms with van der Waals surface area (Å²) < 4.78 is 13.6. The SMILES string of the molecule is CC(CN)Nc1ccc(F)cc1I. The van der Waals surface area contributed by atoms with E-state index in [1.54, 1.807) is 6.07 Å². The fourth-order valence-corrected chi connectivity index (χ4v) is 1.56. The Labute approximate surface area is 90.8 Å². The van der Waals surface area contributed by atoms with Crippen LogP contribution in [0.15, 0.2) is 18.2 Å². The molecule has 0 saturated heterocycles. The normalized spacial score (nSPS) is 12.6. The van der Waals surface area contributed by atoms with Crippen LogP contribution in [-0.4, -0.2) is 12.6 Å². The van der Waals surface area contributed by atoms with Crippen molar-refractivity contribution in [2.45, 2.75) is 13.0 Å². The molecule has 0 heterocycles. The zero-order valence-corrected chi connectivity index (χ0v) is 9.51. The van der Waals surface area contributed by atoms with E-state index in [9.17, 15) is 4.39 Å². The van der Waals surface area contributed by atoms with E-state index in [-0.39, 0.29) is 11.9 Å². The van der Waals surface area contributed by atoms with Gasteiger partial charge in [-0.15, -0.1) is 0 Å².